The van der Waals surface area contributed by atoms with Crippen molar-refractivity contribution in [3.05, 3.63) is 60.4 Å². The molecular formula is C26H32FNO. The van der Waals surface area contributed by atoms with Crippen molar-refractivity contribution in [2.75, 3.05) is 6.61 Å². The maximum atomic E-state index is 13.6. The smallest absolute Gasteiger partial charge is 0.130 e. The molecule has 3 rings (SSSR count). The second-order valence-corrected chi connectivity index (χ2v) is 7.71. The lowest BCUT2D eigenvalue weighted by atomic mass is 10.1. The van der Waals surface area contributed by atoms with Gasteiger partial charge >= 0.3 is 0 Å². The molecule has 2 nitrogen and oxygen atoms in total. The fourth-order valence-electron chi connectivity index (χ4n) is 3.65. The first-order valence-electron chi connectivity index (χ1n) is 11.1. The molecule has 3 heteroatoms. The van der Waals surface area contributed by atoms with Crippen LogP contribution in [0.5, 0.6) is 5.75 Å². The normalized spacial score (nSPS) is 11.1. The standard InChI is InChI=1S/C26H32FNO/c1-2-3-4-5-6-7-8-9-12-18-29-26-20-25(21-14-13-15-22(27)19-21)28-24-17-11-10-16-23(24)26/h10-11,13-17,19-20H,2-9,12,18H2,1H3. The Morgan fingerprint density at radius 3 is 2.28 bits per heavy atom. The fourth-order valence-corrected chi connectivity index (χ4v) is 3.65. The molecule has 0 radical (unpaired) electrons. The van der Waals surface area contributed by atoms with Crippen LogP contribution in [0.4, 0.5) is 4.39 Å². The van der Waals surface area contributed by atoms with Crippen LogP contribution >= 0.6 is 0 Å². The topological polar surface area (TPSA) is 22.1 Å². The molecule has 0 aliphatic rings. The van der Waals surface area contributed by atoms with E-state index in [0.29, 0.717) is 6.61 Å². The van der Waals surface area contributed by atoms with Crippen LogP contribution in [0.3, 0.4) is 0 Å². The molecule has 0 saturated heterocycles. The average molecular weight is 394 g/mol. The maximum absolute atomic E-state index is 13.6. The highest BCUT2D eigenvalue weighted by atomic mass is 19.1. The quantitative estimate of drug-likeness (QED) is 0.291. The van der Waals surface area contributed by atoms with Crippen molar-refractivity contribution in [2.24, 2.45) is 0 Å². The van der Waals surface area contributed by atoms with Crippen LogP contribution < -0.4 is 4.74 Å². The van der Waals surface area contributed by atoms with Crippen LogP contribution in [0.1, 0.15) is 64.7 Å². The van der Waals surface area contributed by atoms with Gasteiger partial charge in [-0.15, -0.1) is 0 Å². The van der Waals surface area contributed by atoms with Crippen LogP contribution in [0.25, 0.3) is 22.2 Å². The molecule has 0 aliphatic heterocycles. The first kappa shape index (κ1) is 21.3. The van der Waals surface area contributed by atoms with Gasteiger partial charge in [-0.25, -0.2) is 9.37 Å². The molecule has 154 valence electrons. The molecule has 0 saturated carbocycles. The van der Waals surface area contributed by atoms with Gasteiger partial charge in [0.15, 0.2) is 0 Å². The van der Waals surface area contributed by atoms with Gasteiger partial charge in [0.2, 0.25) is 0 Å². The number of nitrogens with zero attached hydrogens (tertiary/aromatic N) is 1. The molecule has 0 atom stereocenters. The Morgan fingerprint density at radius 2 is 1.52 bits per heavy atom. The Bertz CT molecular complexity index is 893. The third kappa shape index (κ3) is 6.56. The minimum atomic E-state index is -0.255. The second kappa shape index (κ2) is 11.5. The van der Waals surface area contributed by atoms with E-state index in [1.807, 2.05) is 36.4 Å². The summed E-state index contributed by atoms with van der Waals surface area (Å²) in [4.78, 5) is 4.70. The van der Waals surface area contributed by atoms with Crippen LogP contribution in [0.2, 0.25) is 0 Å². The van der Waals surface area contributed by atoms with Gasteiger partial charge in [0.25, 0.3) is 0 Å². The van der Waals surface area contributed by atoms with Gasteiger partial charge in [0, 0.05) is 17.0 Å². The lowest BCUT2D eigenvalue weighted by Gasteiger charge is -2.12. The van der Waals surface area contributed by atoms with E-state index in [2.05, 4.69) is 6.92 Å². The predicted octanol–water partition coefficient (Wildman–Crippen LogP) is 7.95. The van der Waals surface area contributed by atoms with Crippen molar-refractivity contribution in [2.45, 2.75) is 64.7 Å². The molecule has 0 amide bonds. The molecule has 29 heavy (non-hydrogen) atoms. The third-order valence-corrected chi connectivity index (χ3v) is 5.30. The molecule has 0 aliphatic carbocycles. The Labute approximate surface area is 174 Å². The zero-order valence-electron chi connectivity index (χ0n) is 17.5. The number of para-hydroxylation sites is 1. The summed E-state index contributed by atoms with van der Waals surface area (Å²) in [6, 6.07) is 16.5. The summed E-state index contributed by atoms with van der Waals surface area (Å²) in [6.07, 6.45) is 11.6. The number of unbranched alkanes of at least 4 members (excludes halogenated alkanes) is 8. The highest BCUT2D eigenvalue weighted by Gasteiger charge is 2.09. The minimum Gasteiger partial charge on any atom is -0.493 e. The Kier molecular flexibility index (Phi) is 8.48. The third-order valence-electron chi connectivity index (χ3n) is 5.30. The van der Waals surface area contributed by atoms with Crippen LogP contribution in [-0.4, -0.2) is 11.6 Å². The van der Waals surface area contributed by atoms with Crippen molar-refractivity contribution in [3.63, 3.8) is 0 Å². The lowest BCUT2D eigenvalue weighted by Crippen LogP contribution is -1.99. The number of benzene rings is 2. The van der Waals surface area contributed by atoms with Gasteiger partial charge in [-0.1, -0.05) is 82.6 Å². The molecule has 2 aromatic carbocycles. The largest absolute Gasteiger partial charge is 0.493 e. The average Bonchev–Trinajstić information content (AvgIpc) is 2.75. The van der Waals surface area contributed by atoms with Gasteiger partial charge in [-0.2, -0.15) is 0 Å². The first-order valence-corrected chi connectivity index (χ1v) is 11.1. The van der Waals surface area contributed by atoms with Crippen molar-refractivity contribution < 1.29 is 9.13 Å². The fraction of sp³-hybridized carbons (Fsp3) is 0.423. The van der Waals surface area contributed by atoms with Crippen molar-refractivity contribution >= 4 is 10.9 Å². The molecular weight excluding hydrogens is 361 g/mol. The molecule has 0 spiro atoms. The van der Waals surface area contributed by atoms with Gasteiger partial charge in [0.1, 0.15) is 11.6 Å². The maximum Gasteiger partial charge on any atom is 0.130 e. The summed E-state index contributed by atoms with van der Waals surface area (Å²) in [5, 5.41) is 1.00. The zero-order chi connectivity index (χ0) is 20.3. The van der Waals surface area contributed by atoms with E-state index >= 15 is 0 Å². The second-order valence-electron chi connectivity index (χ2n) is 7.71. The van der Waals surface area contributed by atoms with Gasteiger partial charge in [-0.05, 0) is 30.7 Å². The Hall–Kier alpha value is -2.42. The highest BCUT2D eigenvalue weighted by Crippen LogP contribution is 2.30. The van der Waals surface area contributed by atoms with Crippen LogP contribution in [0.15, 0.2) is 54.6 Å². The molecule has 0 N–H and O–H groups in total. The molecule has 1 aromatic heterocycles. The number of hydrogen-bond acceptors (Lipinski definition) is 2. The van der Waals surface area contributed by atoms with Gasteiger partial charge in [-0.3, -0.25) is 0 Å². The first-order chi connectivity index (χ1) is 14.3. The summed E-state index contributed by atoms with van der Waals surface area (Å²) in [7, 11) is 0. The predicted molar refractivity (Wildman–Crippen MR) is 120 cm³/mol. The van der Waals surface area contributed by atoms with Gasteiger partial charge in [0.05, 0.1) is 17.8 Å². The summed E-state index contributed by atoms with van der Waals surface area (Å²) in [5.74, 6) is 0.573. The summed E-state index contributed by atoms with van der Waals surface area (Å²) in [6.45, 7) is 2.96. The molecule has 0 bridgehead atoms. The SMILES string of the molecule is CCCCCCCCCCCOc1cc(-c2cccc(F)c2)nc2ccccc12. The van der Waals surface area contributed by atoms with Crippen LogP contribution in [-0.2, 0) is 0 Å². The van der Waals surface area contributed by atoms with E-state index in [9.17, 15) is 4.39 Å². The number of ether oxygens (including phenoxy) is 1. The monoisotopic (exact) mass is 393 g/mol. The minimum absolute atomic E-state index is 0.255. The number of rotatable bonds is 12. The molecule has 1 heterocycles. The zero-order valence-corrected chi connectivity index (χ0v) is 17.5. The molecule has 0 unspecified atom stereocenters. The number of halogens is 1. The van der Waals surface area contributed by atoms with E-state index in [1.165, 1.54) is 63.5 Å². The number of aromatic nitrogens is 1. The number of hydrogen-bond donors (Lipinski definition) is 0. The molecule has 3 aromatic rings. The molecule has 0 fully saturated rings. The lowest BCUT2D eigenvalue weighted by molar-refractivity contribution is 0.307. The van der Waals surface area contributed by atoms with E-state index in [1.54, 1.807) is 6.07 Å². The van der Waals surface area contributed by atoms with E-state index in [0.717, 1.165) is 34.3 Å². The highest BCUT2D eigenvalue weighted by molar-refractivity contribution is 5.87. The Balaban J connectivity index is 1.56. The van der Waals surface area contributed by atoms with E-state index in [-0.39, 0.29) is 5.82 Å². The summed E-state index contributed by atoms with van der Waals surface area (Å²) < 4.78 is 19.8. The summed E-state index contributed by atoms with van der Waals surface area (Å²) in [5.41, 5.74) is 2.38. The van der Waals surface area contributed by atoms with Crippen molar-refractivity contribution in [3.8, 4) is 17.0 Å². The Morgan fingerprint density at radius 1 is 0.793 bits per heavy atom. The van der Waals surface area contributed by atoms with E-state index in [4.69, 9.17) is 9.72 Å². The summed E-state index contributed by atoms with van der Waals surface area (Å²) >= 11 is 0. The van der Waals surface area contributed by atoms with E-state index < -0.39 is 0 Å². The van der Waals surface area contributed by atoms with Crippen molar-refractivity contribution in [1.29, 1.82) is 0 Å². The number of fused-ring (bicyclic) bond motifs is 1. The van der Waals surface area contributed by atoms with Gasteiger partial charge < -0.3 is 4.74 Å². The number of pyridine rings is 1. The van der Waals surface area contributed by atoms with Crippen molar-refractivity contribution in [1.82, 2.24) is 4.98 Å². The van der Waals surface area contributed by atoms with Crippen LogP contribution in [0, 0.1) is 5.82 Å².